The molecule has 2 heterocycles. The molecule has 1 N–H and O–H groups in total. The van der Waals surface area contributed by atoms with Crippen LogP contribution in [0.15, 0.2) is 73.2 Å². The van der Waals surface area contributed by atoms with Crippen molar-refractivity contribution in [2.75, 3.05) is 0 Å². The fourth-order valence-corrected chi connectivity index (χ4v) is 2.71. The van der Waals surface area contributed by atoms with Crippen molar-refractivity contribution in [1.82, 2.24) is 19.5 Å². The third-order valence-electron chi connectivity index (χ3n) is 4.16. The number of nitrogens with zero attached hydrogens (tertiary/aromatic N) is 4. The van der Waals surface area contributed by atoms with Gasteiger partial charge in [0.1, 0.15) is 12.1 Å². The zero-order valence-corrected chi connectivity index (χ0v) is 14.6. The summed E-state index contributed by atoms with van der Waals surface area (Å²) in [6.45, 7) is 2.02. The summed E-state index contributed by atoms with van der Waals surface area (Å²) in [5, 5.41) is 9.13. The minimum Gasteiger partial charge on any atom is -0.476 e. The molecule has 27 heavy (non-hydrogen) atoms. The molecule has 0 unspecified atom stereocenters. The summed E-state index contributed by atoms with van der Waals surface area (Å²) < 4.78 is 1.59. The molecule has 0 saturated carbocycles. The van der Waals surface area contributed by atoms with Crippen LogP contribution in [-0.2, 0) is 0 Å². The monoisotopic (exact) mass is 356 g/mol. The third kappa shape index (κ3) is 3.46. The van der Waals surface area contributed by atoms with Gasteiger partial charge in [0.25, 0.3) is 0 Å². The van der Waals surface area contributed by atoms with Gasteiger partial charge in [0.05, 0.1) is 5.69 Å². The maximum atomic E-state index is 11.1. The number of benzene rings is 2. The van der Waals surface area contributed by atoms with Crippen LogP contribution in [0.4, 0.5) is 0 Å². The Morgan fingerprint density at radius 3 is 2.37 bits per heavy atom. The van der Waals surface area contributed by atoms with E-state index in [1.807, 2.05) is 67.6 Å². The van der Waals surface area contributed by atoms with Gasteiger partial charge in [-0.15, -0.1) is 0 Å². The number of hydrogen-bond donors (Lipinski definition) is 1. The number of carboxylic acids is 1. The molecule has 2 aromatic heterocycles. The molecular formula is C21H16N4O2. The first-order valence-electron chi connectivity index (χ1n) is 8.39. The van der Waals surface area contributed by atoms with Crippen molar-refractivity contribution in [1.29, 1.82) is 0 Å². The molecule has 0 aliphatic rings. The van der Waals surface area contributed by atoms with E-state index in [0.29, 0.717) is 11.6 Å². The average Bonchev–Trinajstić information content (AvgIpc) is 3.20. The quantitative estimate of drug-likeness (QED) is 0.598. The summed E-state index contributed by atoms with van der Waals surface area (Å²) in [5.74, 6) is 0.0428. The molecule has 6 nitrogen and oxygen atoms in total. The van der Waals surface area contributed by atoms with Gasteiger partial charge in [-0.05, 0) is 6.92 Å². The van der Waals surface area contributed by atoms with Crippen LogP contribution in [0, 0.1) is 6.92 Å². The van der Waals surface area contributed by atoms with Crippen molar-refractivity contribution in [3.63, 3.8) is 0 Å². The molecule has 0 atom stereocenters. The van der Waals surface area contributed by atoms with E-state index >= 15 is 0 Å². The van der Waals surface area contributed by atoms with Crippen LogP contribution in [0.25, 0.3) is 28.5 Å². The number of imidazole rings is 1. The summed E-state index contributed by atoms with van der Waals surface area (Å²) in [6.07, 6.45) is 2.89. The number of carbonyl (C=O) groups is 1. The van der Waals surface area contributed by atoms with Gasteiger partial charge >= 0.3 is 5.97 Å². The van der Waals surface area contributed by atoms with Crippen LogP contribution in [0.3, 0.4) is 0 Å². The van der Waals surface area contributed by atoms with E-state index in [1.165, 1.54) is 12.5 Å². The van der Waals surface area contributed by atoms with Crippen LogP contribution in [0.2, 0.25) is 0 Å². The number of rotatable bonds is 4. The minimum atomic E-state index is -1.08. The fraction of sp³-hybridized carbons (Fsp3) is 0.0476. The highest BCUT2D eigenvalue weighted by Crippen LogP contribution is 2.24. The molecule has 0 aliphatic carbocycles. The zero-order valence-electron chi connectivity index (χ0n) is 14.6. The highest BCUT2D eigenvalue weighted by molar-refractivity contribution is 5.85. The molecular weight excluding hydrogens is 340 g/mol. The molecule has 0 bridgehead atoms. The molecule has 0 aliphatic heterocycles. The van der Waals surface area contributed by atoms with Gasteiger partial charge in [-0.1, -0.05) is 60.2 Å². The average molecular weight is 356 g/mol. The molecule has 132 valence electrons. The molecule has 4 aromatic rings. The van der Waals surface area contributed by atoms with Gasteiger partial charge in [0.15, 0.2) is 11.5 Å². The molecule has 0 spiro atoms. The maximum Gasteiger partial charge on any atom is 0.356 e. The first-order chi connectivity index (χ1) is 13.1. The molecule has 2 aromatic carbocycles. The molecule has 0 radical (unpaired) electrons. The van der Waals surface area contributed by atoms with E-state index in [4.69, 9.17) is 10.1 Å². The second kappa shape index (κ2) is 6.84. The van der Waals surface area contributed by atoms with Crippen LogP contribution in [-0.4, -0.2) is 30.6 Å². The van der Waals surface area contributed by atoms with E-state index in [9.17, 15) is 4.79 Å². The lowest BCUT2D eigenvalue weighted by Crippen LogP contribution is -2.01. The maximum absolute atomic E-state index is 11.1. The van der Waals surface area contributed by atoms with E-state index in [-0.39, 0.29) is 5.69 Å². The second-order valence-electron chi connectivity index (χ2n) is 6.14. The van der Waals surface area contributed by atoms with Crippen molar-refractivity contribution in [2.45, 2.75) is 6.92 Å². The van der Waals surface area contributed by atoms with Gasteiger partial charge in [-0.3, -0.25) is 4.57 Å². The van der Waals surface area contributed by atoms with Crippen LogP contribution in [0.5, 0.6) is 0 Å². The Hall–Kier alpha value is -3.80. The van der Waals surface area contributed by atoms with Crippen molar-refractivity contribution in [3.05, 3.63) is 84.4 Å². The lowest BCUT2D eigenvalue weighted by molar-refractivity contribution is 0.0691. The summed E-state index contributed by atoms with van der Waals surface area (Å²) in [5.41, 5.74) is 3.71. The van der Waals surface area contributed by atoms with Crippen molar-refractivity contribution in [3.8, 4) is 28.5 Å². The molecule has 4 rings (SSSR count). The molecule has 0 saturated heterocycles. The van der Waals surface area contributed by atoms with Crippen molar-refractivity contribution < 1.29 is 9.90 Å². The largest absolute Gasteiger partial charge is 0.476 e. The van der Waals surface area contributed by atoms with Gasteiger partial charge in [0, 0.05) is 23.4 Å². The lowest BCUT2D eigenvalue weighted by Gasteiger charge is -2.09. The number of carboxylic acid groups (broad SMARTS) is 1. The highest BCUT2D eigenvalue weighted by atomic mass is 16.4. The number of hydrogen-bond acceptors (Lipinski definition) is 4. The Balaban J connectivity index is 1.88. The summed E-state index contributed by atoms with van der Waals surface area (Å²) >= 11 is 0. The third-order valence-corrected chi connectivity index (χ3v) is 4.16. The number of aryl methyl sites for hydroxylation is 1. The van der Waals surface area contributed by atoms with Crippen LogP contribution >= 0.6 is 0 Å². The number of aromatic carboxylic acids is 1. The first-order valence-corrected chi connectivity index (χ1v) is 8.39. The topological polar surface area (TPSA) is 80.9 Å². The van der Waals surface area contributed by atoms with Gasteiger partial charge < -0.3 is 5.11 Å². The Morgan fingerprint density at radius 2 is 1.70 bits per heavy atom. The highest BCUT2D eigenvalue weighted by Gasteiger charge is 2.12. The van der Waals surface area contributed by atoms with Crippen LogP contribution in [0.1, 0.15) is 16.1 Å². The lowest BCUT2D eigenvalue weighted by atomic mass is 10.1. The Morgan fingerprint density at radius 1 is 0.963 bits per heavy atom. The number of aromatic nitrogens is 4. The van der Waals surface area contributed by atoms with E-state index in [2.05, 4.69) is 9.97 Å². The predicted molar refractivity (Wildman–Crippen MR) is 102 cm³/mol. The van der Waals surface area contributed by atoms with Crippen molar-refractivity contribution in [2.24, 2.45) is 0 Å². The van der Waals surface area contributed by atoms with Crippen LogP contribution < -0.4 is 0 Å². The SMILES string of the molecule is Cc1ccc(-c2nc(-c3ccccc3)cc(-n3cnc(C(=O)O)c3)n2)cc1. The Bertz CT molecular complexity index is 1100. The molecule has 6 heteroatoms. The standard InChI is InChI=1S/C21H16N4O2/c1-14-7-9-16(10-8-14)20-23-17(15-5-3-2-4-6-15)11-19(24-20)25-12-18(21(26)27)22-13-25/h2-13H,1H3,(H,26,27). The molecule has 0 fully saturated rings. The Kier molecular flexibility index (Phi) is 4.22. The van der Waals surface area contributed by atoms with Gasteiger partial charge in [-0.25, -0.2) is 19.7 Å². The minimum absolute atomic E-state index is 0.0354. The Labute approximate surface area is 155 Å². The molecule has 0 amide bonds. The summed E-state index contributed by atoms with van der Waals surface area (Å²) in [7, 11) is 0. The van der Waals surface area contributed by atoms with Gasteiger partial charge in [-0.2, -0.15) is 0 Å². The smallest absolute Gasteiger partial charge is 0.356 e. The van der Waals surface area contributed by atoms with E-state index in [1.54, 1.807) is 4.57 Å². The summed E-state index contributed by atoms with van der Waals surface area (Å²) in [6, 6.07) is 19.6. The van der Waals surface area contributed by atoms with Gasteiger partial charge in [0.2, 0.25) is 0 Å². The van der Waals surface area contributed by atoms with Crippen molar-refractivity contribution >= 4 is 5.97 Å². The normalized spacial score (nSPS) is 10.7. The predicted octanol–water partition coefficient (Wildman–Crippen LogP) is 4.00. The van der Waals surface area contributed by atoms with E-state index < -0.39 is 5.97 Å². The summed E-state index contributed by atoms with van der Waals surface area (Å²) in [4.78, 5) is 24.4. The first kappa shape index (κ1) is 16.7. The van der Waals surface area contributed by atoms with E-state index in [0.717, 1.165) is 22.4 Å². The zero-order chi connectivity index (χ0) is 18.8. The fourth-order valence-electron chi connectivity index (χ4n) is 2.71. The second-order valence-corrected chi connectivity index (χ2v) is 6.14.